The summed E-state index contributed by atoms with van der Waals surface area (Å²) < 4.78 is 11.6. The minimum absolute atomic E-state index is 0.0997. The van der Waals surface area contributed by atoms with Gasteiger partial charge >= 0.3 is 6.03 Å². The summed E-state index contributed by atoms with van der Waals surface area (Å²) in [5.41, 5.74) is 3.09. The number of carbonyl (C=O) groups is 1. The number of benzene rings is 1. The van der Waals surface area contributed by atoms with Crippen molar-refractivity contribution in [3.05, 3.63) is 41.7 Å². The van der Waals surface area contributed by atoms with Gasteiger partial charge in [-0.1, -0.05) is 12.1 Å². The minimum atomic E-state index is -0.101. The lowest BCUT2D eigenvalue weighted by molar-refractivity contribution is 0.121. The van der Waals surface area contributed by atoms with Crippen LogP contribution < -0.4 is 15.0 Å². The van der Waals surface area contributed by atoms with Gasteiger partial charge in [-0.05, 0) is 31.0 Å². The molecule has 8 heteroatoms. The molecule has 2 fully saturated rings. The van der Waals surface area contributed by atoms with E-state index in [1.807, 2.05) is 32.0 Å². The first-order valence-electron chi connectivity index (χ1n) is 10.0. The summed E-state index contributed by atoms with van der Waals surface area (Å²) in [6.45, 7) is 8.11. The number of nitrogens with zero attached hydrogens (tertiary/aromatic N) is 4. The Balaban J connectivity index is 1.38. The van der Waals surface area contributed by atoms with E-state index in [0.29, 0.717) is 32.2 Å². The van der Waals surface area contributed by atoms with Gasteiger partial charge in [0.05, 0.1) is 19.8 Å². The van der Waals surface area contributed by atoms with E-state index in [4.69, 9.17) is 9.47 Å². The Hall–Kier alpha value is -2.87. The summed E-state index contributed by atoms with van der Waals surface area (Å²) in [6.07, 6.45) is 3.98. The fourth-order valence-electron chi connectivity index (χ4n) is 3.64. The van der Waals surface area contributed by atoms with Crippen molar-refractivity contribution in [3.63, 3.8) is 0 Å². The lowest BCUT2D eigenvalue weighted by atomic mass is 10.1. The van der Waals surface area contributed by atoms with Gasteiger partial charge in [0, 0.05) is 44.1 Å². The Bertz CT molecular complexity index is 869. The van der Waals surface area contributed by atoms with E-state index in [2.05, 4.69) is 20.2 Å². The molecule has 154 valence electrons. The SMILES string of the molecule is Cc1cccc(NC(=O)N2CCC(Oc3nccnc3N3CCOCC3)C2)c1C. The van der Waals surface area contributed by atoms with Crippen LogP contribution in [0.15, 0.2) is 30.6 Å². The van der Waals surface area contributed by atoms with Gasteiger partial charge in [0.25, 0.3) is 5.88 Å². The number of rotatable bonds is 4. The van der Waals surface area contributed by atoms with E-state index < -0.39 is 0 Å². The first-order valence-corrected chi connectivity index (χ1v) is 10.0. The first kappa shape index (κ1) is 19.4. The molecule has 0 radical (unpaired) electrons. The molecule has 4 rings (SSSR count). The van der Waals surface area contributed by atoms with Crippen LogP contribution in [-0.4, -0.2) is 66.4 Å². The molecule has 29 heavy (non-hydrogen) atoms. The predicted octanol–water partition coefficient (Wildman–Crippen LogP) is 2.62. The summed E-state index contributed by atoms with van der Waals surface area (Å²) in [7, 11) is 0. The number of hydrogen-bond acceptors (Lipinski definition) is 6. The normalized spacial score (nSPS) is 19.3. The van der Waals surface area contributed by atoms with E-state index in [1.54, 1.807) is 17.3 Å². The van der Waals surface area contributed by atoms with E-state index in [-0.39, 0.29) is 12.1 Å². The summed E-state index contributed by atoms with van der Waals surface area (Å²) in [5.74, 6) is 1.27. The van der Waals surface area contributed by atoms with Gasteiger partial charge in [0.1, 0.15) is 6.10 Å². The first-order chi connectivity index (χ1) is 14.1. The molecule has 2 aromatic rings. The van der Waals surface area contributed by atoms with Crippen LogP contribution in [0.1, 0.15) is 17.5 Å². The second-order valence-corrected chi connectivity index (χ2v) is 7.44. The van der Waals surface area contributed by atoms with Gasteiger partial charge < -0.3 is 24.6 Å². The van der Waals surface area contributed by atoms with E-state index >= 15 is 0 Å². The molecular formula is C21H27N5O3. The third-order valence-corrected chi connectivity index (χ3v) is 5.51. The Labute approximate surface area is 170 Å². The largest absolute Gasteiger partial charge is 0.470 e. The molecule has 1 aromatic heterocycles. The Morgan fingerprint density at radius 2 is 1.97 bits per heavy atom. The number of hydrogen-bond donors (Lipinski definition) is 1. The zero-order valence-corrected chi connectivity index (χ0v) is 16.9. The predicted molar refractivity (Wildman–Crippen MR) is 111 cm³/mol. The summed E-state index contributed by atoms with van der Waals surface area (Å²) >= 11 is 0. The highest BCUT2D eigenvalue weighted by Crippen LogP contribution is 2.27. The van der Waals surface area contributed by atoms with Crippen molar-refractivity contribution in [3.8, 4) is 5.88 Å². The van der Waals surface area contributed by atoms with E-state index in [1.165, 1.54) is 0 Å². The maximum Gasteiger partial charge on any atom is 0.321 e. The maximum absolute atomic E-state index is 12.7. The topological polar surface area (TPSA) is 79.8 Å². The zero-order valence-electron chi connectivity index (χ0n) is 16.9. The molecule has 2 aliphatic rings. The summed E-state index contributed by atoms with van der Waals surface area (Å²) in [4.78, 5) is 25.5. The van der Waals surface area contributed by atoms with Gasteiger partial charge in [0.2, 0.25) is 0 Å². The van der Waals surface area contributed by atoms with Gasteiger partial charge in [-0.3, -0.25) is 0 Å². The lowest BCUT2D eigenvalue weighted by Crippen LogP contribution is -2.37. The third-order valence-electron chi connectivity index (χ3n) is 5.51. The number of likely N-dealkylation sites (tertiary alicyclic amines) is 1. The Morgan fingerprint density at radius 3 is 2.79 bits per heavy atom. The molecule has 8 nitrogen and oxygen atoms in total. The quantitative estimate of drug-likeness (QED) is 0.854. The Kier molecular flexibility index (Phi) is 5.80. The van der Waals surface area contributed by atoms with Crippen molar-refractivity contribution >= 4 is 17.5 Å². The average Bonchev–Trinajstić information content (AvgIpc) is 3.21. The van der Waals surface area contributed by atoms with Gasteiger partial charge in [-0.15, -0.1) is 0 Å². The number of urea groups is 1. The van der Waals surface area contributed by atoms with E-state index in [0.717, 1.165) is 42.1 Å². The molecular weight excluding hydrogens is 370 g/mol. The van der Waals surface area contributed by atoms with Crippen LogP contribution in [0, 0.1) is 13.8 Å². The van der Waals surface area contributed by atoms with Gasteiger partial charge in [-0.2, -0.15) is 0 Å². The molecule has 0 bridgehead atoms. The number of carbonyl (C=O) groups excluding carboxylic acids is 1. The molecule has 0 aliphatic carbocycles. The van der Waals surface area contributed by atoms with Crippen molar-refractivity contribution in [1.29, 1.82) is 0 Å². The molecule has 2 saturated heterocycles. The number of aromatic nitrogens is 2. The minimum Gasteiger partial charge on any atom is -0.470 e. The highest BCUT2D eigenvalue weighted by atomic mass is 16.5. The number of ether oxygens (including phenoxy) is 2. The highest BCUT2D eigenvalue weighted by Gasteiger charge is 2.30. The van der Waals surface area contributed by atoms with Crippen LogP contribution >= 0.6 is 0 Å². The van der Waals surface area contributed by atoms with Crippen molar-refractivity contribution in [1.82, 2.24) is 14.9 Å². The molecule has 0 saturated carbocycles. The summed E-state index contributed by atoms with van der Waals surface area (Å²) in [5, 5.41) is 3.02. The van der Waals surface area contributed by atoms with Crippen LogP contribution in [0.3, 0.4) is 0 Å². The fourth-order valence-corrected chi connectivity index (χ4v) is 3.64. The van der Waals surface area contributed by atoms with Gasteiger partial charge in [-0.25, -0.2) is 14.8 Å². The van der Waals surface area contributed by atoms with Crippen LogP contribution in [0.25, 0.3) is 0 Å². The molecule has 0 spiro atoms. The van der Waals surface area contributed by atoms with Crippen molar-refractivity contribution < 1.29 is 14.3 Å². The van der Waals surface area contributed by atoms with Crippen LogP contribution in [0.4, 0.5) is 16.3 Å². The molecule has 2 amide bonds. The maximum atomic E-state index is 12.7. The van der Waals surface area contributed by atoms with Crippen LogP contribution in [-0.2, 0) is 4.74 Å². The molecule has 2 aliphatic heterocycles. The summed E-state index contributed by atoms with van der Waals surface area (Å²) in [6, 6.07) is 5.82. The molecule has 1 unspecified atom stereocenters. The number of nitrogens with one attached hydrogen (secondary N) is 1. The standard InChI is InChI=1S/C21H27N5O3/c1-15-4-3-5-18(16(15)2)24-21(27)26-9-6-17(14-26)29-20-19(22-7-8-23-20)25-10-12-28-13-11-25/h3-5,7-8,17H,6,9-14H2,1-2H3,(H,24,27). The van der Waals surface area contributed by atoms with Crippen molar-refractivity contribution in [2.24, 2.45) is 0 Å². The Morgan fingerprint density at radius 1 is 1.17 bits per heavy atom. The average molecular weight is 397 g/mol. The molecule has 1 atom stereocenters. The molecule has 1 N–H and O–H groups in total. The van der Waals surface area contributed by atoms with E-state index in [9.17, 15) is 4.79 Å². The molecule has 3 heterocycles. The number of amides is 2. The third kappa shape index (κ3) is 4.42. The lowest BCUT2D eigenvalue weighted by Gasteiger charge is -2.29. The van der Waals surface area contributed by atoms with Gasteiger partial charge in [0.15, 0.2) is 5.82 Å². The number of anilines is 2. The highest BCUT2D eigenvalue weighted by molar-refractivity contribution is 5.90. The smallest absolute Gasteiger partial charge is 0.321 e. The number of morpholine rings is 1. The van der Waals surface area contributed by atoms with Crippen LogP contribution in [0.5, 0.6) is 5.88 Å². The fraction of sp³-hybridized carbons (Fsp3) is 0.476. The van der Waals surface area contributed by atoms with Crippen molar-refractivity contribution in [2.75, 3.05) is 49.6 Å². The van der Waals surface area contributed by atoms with Crippen molar-refractivity contribution in [2.45, 2.75) is 26.4 Å². The monoisotopic (exact) mass is 397 g/mol. The molecule has 1 aromatic carbocycles. The zero-order chi connectivity index (χ0) is 20.2. The second-order valence-electron chi connectivity index (χ2n) is 7.44. The number of aryl methyl sites for hydroxylation is 1. The van der Waals surface area contributed by atoms with Crippen LogP contribution in [0.2, 0.25) is 0 Å². The second kappa shape index (κ2) is 8.65.